The quantitative estimate of drug-likeness (QED) is 0.158. The molecule has 0 fully saturated rings. The standard InChI is InChI=1S/C39H37Cl2N5O4/c1-20-15-26(16-21(2)34(20)41)50-14-8-10-27-28-12-13-29(40)33(32-23(4)42-19-43-24(32)5)36(28)46-22(3)18-45(38(47)37(27)46)30-11-7-9-25-17-31(39(48)49)44(6)35(25)30/h7,9,11-13,15-17,19,22H,8,10,14,18H2,1-6H3,(H,48,49). The number of benzene rings is 3. The predicted molar refractivity (Wildman–Crippen MR) is 198 cm³/mol. The van der Waals surface area contributed by atoms with Gasteiger partial charge < -0.3 is 23.9 Å². The number of carbonyl (C=O) groups excluding carboxylic acids is 1. The van der Waals surface area contributed by atoms with Crippen LogP contribution in [0, 0.1) is 27.7 Å². The van der Waals surface area contributed by atoms with Gasteiger partial charge >= 0.3 is 5.97 Å². The van der Waals surface area contributed by atoms with Crippen molar-refractivity contribution in [2.24, 2.45) is 7.05 Å². The van der Waals surface area contributed by atoms with Gasteiger partial charge in [0.25, 0.3) is 5.91 Å². The number of carboxylic acids is 1. The molecule has 0 saturated carbocycles. The average molecular weight is 711 g/mol. The van der Waals surface area contributed by atoms with Gasteiger partial charge in [-0.25, -0.2) is 14.8 Å². The minimum atomic E-state index is -1.03. The number of nitrogens with zero attached hydrogens (tertiary/aromatic N) is 5. The van der Waals surface area contributed by atoms with Crippen LogP contribution in [-0.2, 0) is 13.5 Å². The Morgan fingerprint density at radius 1 is 0.980 bits per heavy atom. The molecule has 4 heterocycles. The molecule has 6 aromatic rings. The second-order valence-corrected chi connectivity index (χ2v) is 13.9. The molecule has 3 aromatic heterocycles. The number of hydrogen-bond acceptors (Lipinski definition) is 5. The monoisotopic (exact) mass is 709 g/mol. The molecular formula is C39H37Cl2N5O4. The third-order valence-electron chi connectivity index (χ3n) is 9.83. The molecule has 1 atom stereocenters. The first-order chi connectivity index (χ1) is 23.9. The Kier molecular flexibility index (Phi) is 8.60. The Morgan fingerprint density at radius 2 is 1.68 bits per heavy atom. The van der Waals surface area contributed by atoms with Crippen molar-refractivity contribution in [2.75, 3.05) is 18.1 Å². The molecule has 0 spiro atoms. The molecule has 0 aliphatic carbocycles. The van der Waals surface area contributed by atoms with Gasteiger partial charge in [0.2, 0.25) is 0 Å². The minimum Gasteiger partial charge on any atom is -0.494 e. The van der Waals surface area contributed by atoms with Crippen molar-refractivity contribution in [1.82, 2.24) is 19.1 Å². The molecule has 1 aliphatic rings. The number of aromatic carboxylic acids is 1. The fourth-order valence-corrected chi connectivity index (χ4v) is 7.93. The smallest absolute Gasteiger partial charge is 0.352 e. The summed E-state index contributed by atoms with van der Waals surface area (Å²) in [7, 11) is 1.72. The van der Waals surface area contributed by atoms with Gasteiger partial charge in [-0.2, -0.15) is 0 Å². The Labute approximate surface area is 300 Å². The Bertz CT molecular complexity index is 2330. The van der Waals surface area contributed by atoms with Gasteiger partial charge in [0.1, 0.15) is 23.5 Å². The lowest BCUT2D eigenvalue weighted by Gasteiger charge is -2.35. The molecule has 256 valence electrons. The lowest BCUT2D eigenvalue weighted by atomic mass is 9.97. The van der Waals surface area contributed by atoms with Crippen LogP contribution in [0.2, 0.25) is 10.0 Å². The summed E-state index contributed by atoms with van der Waals surface area (Å²) in [4.78, 5) is 37.8. The number of ether oxygens (including phenoxy) is 1. The van der Waals surface area contributed by atoms with E-state index >= 15 is 0 Å². The van der Waals surface area contributed by atoms with E-state index in [0.29, 0.717) is 47.9 Å². The first-order valence-corrected chi connectivity index (χ1v) is 17.3. The zero-order valence-corrected chi connectivity index (χ0v) is 30.3. The molecule has 11 heteroatoms. The third kappa shape index (κ3) is 5.40. The summed E-state index contributed by atoms with van der Waals surface area (Å²) in [5.74, 6) is -0.435. The minimum absolute atomic E-state index is 0.154. The molecule has 0 saturated heterocycles. The average Bonchev–Trinajstić information content (AvgIpc) is 3.60. The van der Waals surface area contributed by atoms with E-state index in [1.807, 2.05) is 70.2 Å². The van der Waals surface area contributed by atoms with Crippen molar-refractivity contribution in [3.8, 4) is 16.9 Å². The molecule has 1 N–H and O–H groups in total. The van der Waals surface area contributed by atoms with Crippen molar-refractivity contribution in [1.29, 1.82) is 0 Å². The van der Waals surface area contributed by atoms with Crippen LogP contribution in [0.25, 0.3) is 32.9 Å². The number of para-hydroxylation sites is 1. The van der Waals surface area contributed by atoms with E-state index in [4.69, 9.17) is 27.9 Å². The van der Waals surface area contributed by atoms with Gasteiger partial charge in [-0.3, -0.25) is 4.79 Å². The van der Waals surface area contributed by atoms with Crippen molar-refractivity contribution >= 4 is 62.6 Å². The van der Waals surface area contributed by atoms with Crippen LogP contribution in [0.1, 0.15) is 68.4 Å². The zero-order chi connectivity index (χ0) is 35.6. The molecule has 7 rings (SSSR count). The maximum absolute atomic E-state index is 15.0. The van der Waals surface area contributed by atoms with E-state index in [1.54, 1.807) is 28.9 Å². The first kappa shape index (κ1) is 33.6. The molecular weight excluding hydrogens is 673 g/mol. The maximum Gasteiger partial charge on any atom is 0.352 e. The van der Waals surface area contributed by atoms with Gasteiger partial charge in [0.05, 0.1) is 28.4 Å². The van der Waals surface area contributed by atoms with E-state index in [9.17, 15) is 14.7 Å². The number of aromatic nitrogens is 4. The lowest BCUT2D eigenvalue weighted by molar-refractivity contribution is 0.0687. The lowest BCUT2D eigenvalue weighted by Crippen LogP contribution is -2.43. The fraction of sp³-hybridized carbons (Fsp3) is 0.282. The number of halogens is 2. The van der Waals surface area contributed by atoms with Crippen molar-refractivity contribution in [3.63, 3.8) is 0 Å². The van der Waals surface area contributed by atoms with Crippen molar-refractivity contribution in [2.45, 2.75) is 53.5 Å². The number of amides is 1. The van der Waals surface area contributed by atoms with Crippen LogP contribution in [0.5, 0.6) is 5.75 Å². The fourth-order valence-electron chi connectivity index (χ4n) is 7.57. The van der Waals surface area contributed by atoms with Crippen LogP contribution in [0.4, 0.5) is 5.69 Å². The topological polar surface area (TPSA) is 102 Å². The Morgan fingerprint density at radius 3 is 2.36 bits per heavy atom. The van der Waals surface area contributed by atoms with Crippen molar-refractivity contribution < 1.29 is 19.4 Å². The van der Waals surface area contributed by atoms with Gasteiger partial charge in [-0.15, -0.1) is 0 Å². The molecule has 1 amide bonds. The zero-order valence-electron chi connectivity index (χ0n) is 28.8. The number of aryl methyl sites for hydroxylation is 6. The summed E-state index contributed by atoms with van der Waals surface area (Å²) in [6, 6.07) is 14.9. The molecule has 9 nitrogen and oxygen atoms in total. The summed E-state index contributed by atoms with van der Waals surface area (Å²) in [5, 5.41) is 12.8. The van der Waals surface area contributed by atoms with Crippen LogP contribution >= 0.6 is 23.2 Å². The summed E-state index contributed by atoms with van der Waals surface area (Å²) < 4.78 is 9.97. The molecule has 3 aromatic carbocycles. The number of anilines is 1. The van der Waals surface area contributed by atoms with Gasteiger partial charge in [-0.1, -0.05) is 41.4 Å². The van der Waals surface area contributed by atoms with Gasteiger partial charge in [0.15, 0.2) is 0 Å². The first-order valence-electron chi connectivity index (χ1n) is 16.6. The van der Waals surface area contributed by atoms with Crippen LogP contribution in [-0.4, -0.2) is 49.2 Å². The summed E-state index contributed by atoms with van der Waals surface area (Å²) in [6.07, 6.45) is 2.77. The SMILES string of the molecule is Cc1cc(OCCCc2c3n(c4c(-c5c(C)ncnc5C)c(Cl)ccc24)C(C)CN(c2cccc4cc(C(=O)O)n(C)c24)C3=O)cc(C)c1Cl. The van der Waals surface area contributed by atoms with Crippen molar-refractivity contribution in [3.05, 3.63) is 104 Å². The molecule has 1 unspecified atom stereocenters. The maximum atomic E-state index is 15.0. The third-order valence-corrected chi connectivity index (χ3v) is 10.7. The van der Waals surface area contributed by atoms with Gasteiger partial charge in [0, 0.05) is 57.9 Å². The number of rotatable bonds is 8. The molecule has 1 aliphatic heterocycles. The Balaban J connectivity index is 1.38. The highest BCUT2D eigenvalue weighted by Crippen LogP contribution is 2.45. The highest BCUT2D eigenvalue weighted by atomic mass is 35.5. The highest BCUT2D eigenvalue weighted by molar-refractivity contribution is 6.35. The van der Waals surface area contributed by atoms with Gasteiger partial charge in [-0.05, 0) is 94.5 Å². The molecule has 0 bridgehead atoms. The number of carbonyl (C=O) groups is 2. The summed E-state index contributed by atoms with van der Waals surface area (Å²) in [6.45, 7) is 10.7. The van der Waals surface area contributed by atoms with E-state index in [2.05, 4.69) is 21.5 Å². The summed E-state index contributed by atoms with van der Waals surface area (Å²) in [5.41, 5.74) is 9.03. The van der Waals surface area contributed by atoms with E-state index in [0.717, 1.165) is 66.3 Å². The number of fused-ring (bicyclic) bond motifs is 4. The largest absolute Gasteiger partial charge is 0.494 e. The summed E-state index contributed by atoms with van der Waals surface area (Å²) >= 11 is 13.4. The molecule has 50 heavy (non-hydrogen) atoms. The second-order valence-electron chi connectivity index (χ2n) is 13.1. The van der Waals surface area contributed by atoms with E-state index in [-0.39, 0.29) is 17.6 Å². The number of hydrogen-bond donors (Lipinski definition) is 1. The number of carboxylic acid groups (broad SMARTS) is 1. The van der Waals surface area contributed by atoms with Crippen LogP contribution < -0.4 is 9.64 Å². The highest BCUT2D eigenvalue weighted by Gasteiger charge is 2.37. The normalized spacial score (nSPS) is 14.5. The Hall–Kier alpha value is -4.86. The second kappa shape index (κ2) is 12.8. The van der Waals surface area contributed by atoms with Crippen LogP contribution in [0.3, 0.4) is 0 Å². The van der Waals surface area contributed by atoms with Crippen LogP contribution in [0.15, 0.2) is 54.9 Å². The van der Waals surface area contributed by atoms with E-state index in [1.165, 1.54) is 0 Å². The van der Waals surface area contributed by atoms with E-state index < -0.39 is 5.97 Å². The molecule has 0 radical (unpaired) electrons. The predicted octanol–water partition coefficient (Wildman–Crippen LogP) is 9.06.